The predicted octanol–water partition coefficient (Wildman–Crippen LogP) is 4.74. The van der Waals surface area contributed by atoms with Crippen LogP contribution in [-0.2, 0) is 10.0 Å². The molecule has 25 heavy (non-hydrogen) atoms. The van der Waals surface area contributed by atoms with Gasteiger partial charge in [-0.25, -0.2) is 8.42 Å². The van der Waals surface area contributed by atoms with Gasteiger partial charge in [-0.05, 0) is 25.1 Å². The minimum atomic E-state index is -3.93. The molecule has 0 saturated heterocycles. The third-order valence-corrected chi connectivity index (χ3v) is 5.56. The lowest BCUT2D eigenvalue weighted by Gasteiger charge is -2.12. The molecule has 0 amide bonds. The van der Waals surface area contributed by atoms with Crippen LogP contribution in [0.15, 0.2) is 53.6 Å². The van der Waals surface area contributed by atoms with Crippen molar-refractivity contribution in [3.8, 4) is 5.75 Å². The van der Waals surface area contributed by atoms with E-state index in [4.69, 9.17) is 27.9 Å². The first-order valence-corrected chi connectivity index (χ1v) is 9.64. The lowest BCUT2D eigenvalue weighted by Crippen LogP contribution is -2.14. The van der Waals surface area contributed by atoms with Gasteiger partial charge in [0.25, 0.3) is 10.0 Å². The van der Waals surface area contributed by atoms with Crippen molar-refractivity contribution in [1.29, 1.82) is 0 Å². The summed E-state index contributed by atoms with van der Waals surface area (Å²) in [6.07, 6.45) is 1.45. The molecule has 3 aromatic rings. The standard InChI is InChI=1S/C17H14Cl2N2O3S/c1-2-24-16-8-14(19)17(9-13(16)18)25(22,23)21-12-7-11-5-3-4-6-15(11)20-10-12/h3-10,21H,2H2,1H3. The van der Waals surface area contributed by atoms with Crippen LogP contribution in [0, 0.1) is 0 Å². The summed E-state index contributed by atoms with van der Waals surface area (Å²) in [5.41, 5.74) is 1.10. The van der Waals surface area contributed by atoms with E-state index in [1.807, 2.05) is 24.3 Å². The second kappa shape index (κ2) is 7.07. The van der Waals surface area contributed by atoms with E-state index in [1.165, 1.54) is 18.3 Å². The first-order chi connectivity index (χ1) is 11.9. The molecule has 2 aromatic carbocycles. The zero-order valence-corrected chi connectivity index (χ0v) is 15.5. The average molecular weight is 397 g/mol. The summed E-state index contributed by atoms with van der Waals surface area (Å²) in [6, 6.07) is 11.8. The number of rotatable bonds is 5. The summed E-state index contributed by atoms with van der Waals surface area (Å²) in [5.74, 6) is 0.334. The molecule has 1 N–H and O–H groups in total. The van der Waals surface area contributed by atoms with Crippen molar-refractivity contribution >= 4 is 49.8 Å². The SMILES string of the molecule is CCOc1cc(Cl)c(S(=O)(=O)Nc2cnc3ccccc3c2)cc1Cl. The molecular weight excluding hydrogens is 383 g/mol. The van der Waals surface area contributed by atoms with Crippen molar-refractivity contribution in [3.63, 3.8) is 0 Å². The van der Waals surface area contributed by atoms with E-state index in [0.717, 1.165) is 10.9 Å². The topological polar surface area (TPSA) is 68.3 Å². The first-order valence-electron chi connectivity index (χ1n) is 7.40. The highest BCUT2D eigenvalue weighted by atomic mass is 35.5. The van der Waals surface area contributed by atoms with Gasteiger partial charge >= 0.3 is 0 Å². The van der Waals surface area contributed by atoms with Gasteiger partial charge < -0.3 is 4.74 Å². The third kappa shape index (κ3) is 3.81. The normalized spacial score (nSPS) is 11.5. The van der Waals surface area contributed by atoms with Crippen LogP contribution in [-0.4, -0.2) is 20.0 Å². The summed E-state index contributed by atoms with van der Waals surface area (Å²) in [4.78, 5) is 4.10. The van der Waals surface area contributed by atoms with Gasteiger partial charge in [-0.15, -0.1) is 0 Å². The smallest absolute Gasteiger partial charge is 0.263 e. The fourth-order valence-corrected chi connectivity index (χ4v) is 4.18. The molecule has 8 heteroatoms. The molecule has 1 aromatic heterocycles. The summed E-state index contributed by atoms with van der Waals surface area (Å²) >= 11 is 12.2. The lowest BCUT2D eigenvalue weighted by atomic mass is 10.2. The van der Waals surface area contributed by atoms with Crippen molar-refractivity contribution in [3.05, 3.63) is 58.7 Å². The summed E-state index contributed by atoms with van der Waals surface area (Å²) in [7, 11) is -3.93. The van der Waals surface area contributed by atoms with Crippen molar-refractivity contribution in [1.82, 2.24) is 4.98 Å². The number of anilines is 1. The second-order valence-corrected chi connectivity index (χ2v) is 7.63. The highest BCUT2D eigenvalue weighted by Crippen LogP contribution is 2.34. The molecule has 0 aliphatic heterocycles. The Morgan fingerprint density at radius 3 is 2.64 bits per heavy atom. The number of halogens is 2. The van der Waals surface area contributed by atoms with Gasteiger partial charge in [0.2, 0.25) is 0 Å². The van der Waals surface area contributed by atoms with E-state index < -0.39 is 10.0 Å². The van der Waals surface area contributed by atoms with Crippen LogP contribution in [0.3, 0.4) is 0 Å². The summed E-state index contributed by atoms with van der Waals surface area (Å²) in [6.45, 7) is 2.19. The van der Waals surface area contributed by atoms with E-state index in [0.29, 0.717) is 18.0 Å². The van der Waals surface area contributed by atoms with E-state index in [2.05, 4.69) is 9.71 Å². The number of pyridine rings is 1. The number of fused-ring (bicyclic) bond motifs is 1. The van der Waals surface area contributed by atoms with Crippen LogP contribution in [0.2, 0.25) is 10.0 Å². The van der Waals surface area contributed by atoms with Gasteiger partial charge in [0.1, 0.15) is 10.6 Å². The Hall–Kier alpha value is -2.02. The summed E-state index contributed by atoms with van der Waals surface area (Å²) < 4.78 is 33.1. The number of nitrogens with zero attached hydrogens (tertiary/aromatic N) is 1. The third-order valence-electron chi connectivity index (χ3n) is 3.42. The fourth-order valence-electron chi connectivity index (χ4n) is 2.32. The van der Waals surface area contributed by atoms with Gasteiger partial charge in [0, 0.05) is 11.5 Å². The Labute approximate surface area is 155 Å². The van der Waals surface area contributed by atoms with Crippen LogP contribution >= 0.6 is 23.2 Å². The average Bonchev–Trinajstić information content (AvgIpc) is 2.57. The molecular formula is C17H14Cl2N2O3S. The number of hydrogen-bond acceptors (Lipinski definition) is 4. The molecule has 0 saturated carbocycles. The van der Waals surface area contributed by atoms with Crippen molar-refractivity contribution < 1.29 is 13.2 Å². The zero-order chi connectivity index (χ0) is 18.0. The van der Waals surface area contributed by atoms with Gasteiger partial charge in [-0.3, -0.25) is 9.71 Å². The Kier molecular flexibility index (Phi) is 5.03. The van der Waals surface area contributed by atoms with E-state index in [9.17, 15) is 8.42 Å². The Morgan fingerprint density at radius 1 is 1.12 bits per heavy atom. The number of ether oxygens (including phenoxy) is 1. The molecule has 0 atom stereocenters. The number of sulfonamides is 1. The van der Waals surface area contributed by atoms with Crippen LogP contribution in [0.1, 0.15) is 6.92 Å². The van der Waals surface area contributed by atoms with Crippen LogP contribution in [0.5, 0.6) is 5.75 Å². The van der Waals surface area contributed by atoms with Crippen molar-refractivity contribution in [2.24, 2.45) is 0 Å². The maximum absolute atomic E-state index is 12.7. The quantitative estimate of drug-likeness (QED) is 0.675. The van der Waals surface area contributed by atoms with Crippen LogP contribution in [0.4, 0.5) is 5.69 Å². The Bertz CT molecular complexity index is 1040. The van der Waals surface area contributed by atoms with Crippen molar-refractivity contribution in [2.45, 2.75) is 11.8 Å². The zero-order valence-electron chi connectivity index (χ0n) is 13.2. The minimum Gasteiger partial charge on any atom is -0.492 e. The molecule has 0 bridgehead atoms. The lowest BCUT2D eigenvalue weighted by molar-refractivity contribution is 0.340. The Balaban J connectivity index is 1.97. The van der Waals surface area contributed by atoms with Gasteiger partial charge in [-0.2, -0.15) is 0 Å². The molecule has 0 fully saturated rings. The molecule has 0 radical (unpaired) electrons. The second-order valence-electron chi connectivity index (χ2n) is 5.17. The van der Waals surface area contributed by atoms with E-state index in [1.54, 1.807) is 13.0 Å². The first kappa shape index (κ1) is 17.8. The number of benzene rings is 2. The van der Waals surface area contributed by atoms with Gasteiger partial charge in [-0.1, -0.05) is 41.4 Å². The number of aromatic nitrogens is 1. The van der Waals surface area contributed by atoms with Crippen LogP contribution < -0.4 is 9.46 Å². The molecule has 5 nitrogen and oxygen atoms in total. The minimum absolute atomic E-state index is 0.0223. The summed E-state index contributed by atoms with van der Waals surface area (Å²) in [5, 5.41) is 1.01. The molecule has 0 aliphatic carbocycles. The fraction of sp³-hybridized carbons (Fsp3) is 0.118. The predicted molar refractivity (Wildman–Crippen MR) is 100 cm³/mol. The monoisotopic (exact) mass is 396 g/mol. The molecule has 0 unspecified atom stereocenters. The highest BCUT2D eigenvalue weighted by Gasteiger charge is 2.21. The molecule has 0 aliphatic rings. The highest BCUT2D eigenvalue weighted by molar-refractivity contribution is 7.92. The molecule has 0 spiro atoms. The molecule has 130 valence electrons. The maximum Gasteiger partial charge on any atom is 0.263 e. The Morgan fingerprint density at radius 2 is 1.88 bits per heavy atom. The van der Waals surface area contributed by atoms with E-state index in [-0.39, 0.29) is 14.9 Å². The van der Waals surface area contributed by atoms with Gasteiger partial charge in [0.15, 0.2) is 0 Å². The van der Waals surface area contributed by atoms with Crippen LogP contribution in [0.25, 0.3) is 10.9 Å². The largest absolute Gasteiger partial charge is 0.492 e. The maximum atomic E-state index is 12.7. The number of hydrogen-bond donors (Lipinski definition) is 1. The molecule has 3 rings (SSSR count). The number of para-hydroxylation sites is 1. The number of nitrogens with one attached hydrogen (secondary N) is 1. The van der Waals surface area contributed by atoms with Crippen molar-refractivity contribution in [2.75, 3.05) is 11.3 Å². The molecule has 1 heterocycles. The van der Waals surface area contributed by atoms with E-state index >= 15 is 0 Å². The van der Waals surface area contributed by atoms with Gasteiger partial charge in [0.05, 0.1) is 34.1 Å².